The Morgan fingerprint density at radius 2 is 0.895 bits per heavy atom. The molecule has 1 saturated heterocycles. The summed E-state index contributed by atoms with van der Waals surface area (Å²) < 4.78 is 0. The molecule has 0 aromatic rings. The molecule has 0 amide bonds. The maximum Gasteiger partial charge on any atom is 2.00 e. The molecule has 0 unspecified atom stereocenters. The van der Waals surface area contributed by atoms with Crippen molar-refractivity contribution in [2.45, 2.75) is 58.0 Å². The Kier molecular flexibility index (Phi) is 72.9. The fourth-order valence-corrected chi connectivity index (χ4v) is 1.88. The zero-order valence-corrected chi connectivity index (χ0v) is 22.2. The molecule has 1 rings (SSSR count). The van der Waals surface area contributed by atoms with E-state index in [1.807, 2.05) is 0 Å². The van der Waals surface area contributed by atoms with Gasteiger partial charge in [-0.25, -0.2) is 0 Å². The van der Waals surface area contributed by atoms with Crippen molar-refractivity contribution in [1.29, 1.82) is 0 Å². The van der Waals surface area contributed by atoms with Gasteiger partial charge in [-0.15, -0.1) is 11.1 Å². The molecule has 1 heterocycles. The van der Waals surface area contributed by atoms with Crippen molar-refractivity contribution >= 4 is 46.1 Å². The second-order valence-electron chi connectivity index (χ2n) is 4.59. The molecule has 0 aliphatic carbocycles. The zero-order chi connectivity index (χ0) is 7.83. The van der Waals surface area contributed by atoms with Crippen LogP contribution in [0.15, 0.2) is 0 Å². The van der Waals surface area contributed by atoms with Gasteiger partial charge in [-0.05, 0) is 0 Å². The molecule has 1 fully saturated rings. The number of hydrogen-bond acceptors (Lipinski definition) is 0. The minimum absolute atomic E-state index is 0. The van der Waals surface area contributed by atoms with E-state index in [0.29, 0.717) is 0 Å². The molecular formula is C9H18Cl5LiMg2NZn-. The van der Waals surface area contributed by atoms with Crippen molar-refractivity contribution < 1.29 is 100 Å². The summed E-state index contributed by atoms with van der Waals surface area (Å²) in [6.07, 6.45) is 3.86. The zero-order valence-electron chi connectivity index (χ0n) is 12.6. The Labute approximate surface area is 207 Å². The number of halogens is 5. The SMILES string of the molecule is CC1(C)CCCC(C)(C)[N-]1.[Cl-].[Cl-].[Cl-].[Cl-].[Cl-].[Li+].[Mg+2].[Mg+2].[Zn]. The van der Waals surface area contributed by atoms with Crippen molar-refractivity contribution in [3.05, 3.63) is 5.32 Å². The smallest absolute Gasteiger partial charge is 1.00 e. The van der Waals surface area contributed by atoms with Gasteiger partial charge in [0.1, 0.15) is 0 Å². The molecule has 19 heavy (non-hydrogen) atoms. The van der Waals surface area contributed by atoms with E-state index in [1.54, 1.807) is 0 Å². The predicted octanol–water partition coefficient (Wildman–Crippen LogP) is -15.6. The van der Waals surface area contributed by atoms with Gasteiger partial charge in [0.05, 0.1) is 0 Å². The summed E-state index contributed by atoms with van der Waals surface area (Å²) in [6.45, 7) is 8.92. The predicted molar refractivity (Wildman–Crippen MR) is 56.9 cm³/mol. The molecule has 1 nitrogen and oxygen atoms in total. The van der Waals surface area contributed by atoms with Crippen molar-refractivity contribution in [2.75, 3.05) is 0 Å². The molecule has 1 aliphatic heterocycles. The summed E-state index contributed by atoms with van der Waals surface area (Å²) in [5.74, 6) is 0. The van der Waals surface area contributed by atoms with E-state index in [-0.39, 0.29) is 158 Å². The van der Waals surface area contributed by atoms with Crippen molar-refractivity contribution in [3.63, 3.8) is 0 Å². The van der Waals surface area contributed by atoms with Gasteiger partial charge >= 0.3 is 65.0 Å². The first-order valence-corrected chi connectivity index (χ1v) is 4.15. The Balaban J connectivity index is -0.0000000159. The minimum atomic E-state index is 0. The Hall–Kier alpha value is 4.16. The van der Waals surface area contributed by atoms with E-state index in [1.165, 1.54) is 19.3 Å². The quantitative estimate of drug-likeness (QED) is 0.334. The molecule has 0 N–H and O–H groups in total. The Morgan fingerprint density at radius 1 is 0.684 bits per heavy atom. The van der Waals surface area contributed by atoms with Crippen LogP contribution in [0.4, 0.5) is 0 Å². The monoisotopic (exact) mass is 434 g/mol. The van der Waals surface area contributed by atoms with E-state index in [2.05, 4.69) is 27.7 Å². The van der Waals surface area contributed by atoms with Crippen molar-refractivity contribution in [3.8, 4) is 0 Å². The van der Waals surface area contributed by atoms with Gasteiger partial charge in [0, 0.05) is 19.5 Å². The topological polar surface area (TPSA) is 14.1 Å². The first-order chi connectivity index (χ1) is 4.41. The van der Waals surface area contributed by atoms with Crippen molar-refractivity contribution in [2.24, 2.45) is 0 Å². The molecule has 0 radical (unpaired) electrons. The largest absolute Gasteiger partial charge is 2.00 e. The number of rotatable bonds is 0. The second-order valence-corrected chi connectivity index (χ2v) is 4.59. The average molecular weight is 438 g/mol. The summed E-state index contributed by atoms with van der Waals surface area (Å²) in [5.41, 5.74) is 0.476. The Bertz CT molecular complexity index is 145. The van der Waals surface area contributed by atoms with E-state index >= 15 is 0 Å². The minimum Gasteiger partial charge on any atom is -1.00 e. The Morgan fingerprint density at radius 3 is 1.00 bits per heavy atom. The summed E-state index contributed by atoms with van der Waals surface area (Å²) in [5, 5.41) is 4.75. The molecule has 0 spiro atoms. The molecule has 0 aromatic carbocycles. The van der Waals surface area contributed by atoms with Gasteiger partial charge in [0.25, 0.3) is 0 Å². The van der Waals surface area contributed by atoms with Crippen molar-refractivity contribution in [1.82, 2.24) is 0 Å². The van der Waals surface area contributed by atoms with Gasteiger partial charge in [0.2, 0.25) is 0 Å². The molecule has 0 saturated carbocycles. The van der Waals surface area contributed by atoms with Crippen LogP contribution < -0.4 is 80.9 Å². The second kappa shape index (κ2) is 24.4. The van der Waals surface area contributed by atoms with Crippen LogP contribution in [0.3, 0.4) is 0 Å². The van der Waals surface area contributed by atoms with Gasteiger partial charge in [-0.3, -0.25) is 0 Å². The van der Waals surface area contributed by atoms with E-state index in [0.717, 1.165) is 0 Å². The third-order valence-corrected chi connectivity index (χ3v) is 2.18. The number of hydrogen-bond donors (Lipinski definition) is 0. The van der Waals surface area contributed by atoms with Crippen LogP contribution in [0.2, 0.25) is 0 Å². The van der Waals surface area contributed by atoms with E-state index in [9.17, 15) is 0 Å². The van der Waals surface area contributed by atoms with Gasteiger partial charge in [-0.2, -0.15) is 0 Å². The standard InChI is InChI=1S/C9H18N.5ClH.Li.2Mg.Zn/c1-8(2)6-5-7-9(3,4)10-8;;;;;;;;;/h5-7H2,1-4H3;5*1H;;;;/q-1;;;;;;+1;2*+2;/p-5. The molecule has 0 aromatic heterocycles. The van der Waals surface area contributed by atoms with Gasteiger partial charge in [-0.1, -0.05) is 47.0 Å². The summed E-state index contributed by atoms with van der Waals surface area (Å²) in [4.78, 5) is 0. The molecule has 0 bridgehead atoms. The average Bonchev–Trinajstić information content (AvgIpc) is 1.56. The van der Waals surface area contributed by atoms with Gasteiger partial charge < -0.3 is 67.4 Å². The third-order valence-electron chi connectivity index (χ3n) is 2.18. The molecule has 0 atom stereocenters. The van der Waals surface area contributed by atoms with E-state index < -0.39 is 0 Å². The van der Waals surface area contributed by atoms with E-state index in [4.69, 9.17) is 5.32 Å². The van der Waals surface area contributed by atoms with Gasteiger partial charge in [0.15, 0.2) is 0 Å². The normalized spacial score (nSPS) is 15.8. The van der Waals surface area contributed by atoms with Crippen LogP contribution in [0.1, 0.15) is 47.0 Å². The molecule has 10 heteroatoms. The van der Waals surface area contributed by atoms with Crippen LogP contribution in [-0.2, 0) is 19.5 Å². The van der Waals surface area contributed by atoms with Crippen LogP contribution in [0, 0.1) is 0 Å². The fraction of sp³-hybridized carbons (Fsp3) is 1.00. The summed E-state index contributed by atoms with van der Waals surface area (Å²) >= 11 is 0. The fourth-order valence-electron chi connectivity index (χ4n) is 1.88. The van der Waals surface area contributed by atoms with Crippen LogP contribution in [0.25, 0.3) is 5.32 Å². The first kappa shape index (κ1) is 56.7. The molecular weight excluding hydrogens is 420 g/mol. The van der Waals surface area contributed by atoms with Crippen LogP contribution in [-0.4, -0.2) is 57.2 Å². The van der Waals surface area contributed by atoms with Crippen LogP contribution in [0.5, 0.6) is 0 Å². The third kappa shape index (κ3) is 27.3. The summed E-state index contributed by atoms with van der Waals surface area (Å²) in [6, 6.07) is 0. The maximum absolute atomic E-state index is 4.75. The molecule has 102 valence electrons. The molecule has 1 aliphatic rings. The summed E-state index contributed by atoms with van der Waals surface area (Å²) in [7, 11) is 0. The number of nitrogens with zero attached hydrogens (tertiary/aromatic N) is 1. The first-order valence-electron chi connectivity index (χ1n) is 4.15. The number of piperidine rings is 1. The van der Waals surface area contributed by atoms with Crippen LogP contribution >= 0.6 is 0 Å². The maximum atomic E-state index is 4.75.